The van der Waals surface area contributed by atoms with Crippen LogP contribution in [0.15, 0.2) is 65.8 Å². The molecule has 4 heteroatoms. The quantitative estimate of drug-likeness (QED) is 0.509. The fraction of sp³-hybridized carbons (Fsp3) is 0.0667. The van der Waals surface area contributed by atoms with Crippen molar-refractivity contribution in [2.45, 2.75) is 6.42 Å². The van der Waals surface area contributed by atoms with Crippen LogP contribution in [0.4, 0.5) is 0 Å². The maximum Gasteiger partial charge on any atom is 0.184 e. The Morgan fingerprint density at radius 1 is 1.00 bits per heavy atom. The molecule has 96 valence electrons. The summed E-state index contributed by atoms with van der Waals surface area (Å²) < 4.78 is 0. The zero-order chi connectivity index (χ0) is 13.5. The third kappa shape index (κ3) is 4.19. The van der Waals surface area contributed by atoms with E-state index in [1.54, 1.807) is 0 Å². The lowest BCUT2D eigenvalue weighted by molar-refractivity contribution is 1.02. The predicted molar refractivity (Wildman–Crippen MR) is 83.0 cm³/mol. The van der Waals surface area contributed by atoms with Crippen molar-refractivity contribution in [2.24, 2.45) is 10.8 Å². The van der Waals surface area contributed by atoms with Gasteiger partial charge in [0, 0.05) is 6.42 Å². The van der Waals surface area contributed by atoms with Crippen molar-refractivity contribution < 1.29 is 0 Å². The molecule has 2 rings (SSSR count). The molecule has 0 saturated carbocycles. The molecular weight excluding hydrogens is 254 g/mol. The van der Waals surface area contributed by atoms with Crippen LogP contribution in [0.2, 0.25) is 0 Å². The van der Waals surface area contributed by atoms with Gasteiger partial charge in [0.1, 0.15) is 0 Å². The van der Waals surface area contributed by atoms with Crippen LogP contribution in [-0.4, -0.2) is 10.8 Å². The number of rotatable bonds is 4. The minimum atomic E-state index is 0.168. The normalized spacial score (nSPS) is 11.1. The number of hydrogen-bond donors (Lipinski definition) is 2. The summed E-state index contributed by atoms with van der Waals surface area (Å²) in [7, 11) is 0. The van der Waals surface area contributed by atoms with Gasteiger partial charge in [-0.05, 0) is 23.3 Å². The van der Waals surface area contributed by atoms with Gasteiger partial charge in [0.25, 0.3) is 0 Å². The summed E-state index contributed by atoms with van der Waals surface area (Å²) >= 11 is 4.79. The average Bonchev–Trinajstić information content (AvgIpc) is 2.45. The topological polar surface area (TPSA) is 50.4 Å². The van der Waals surface area contributed by atoms with Gasteiger partial charge in [-0.2, -0.15) is 5.10 Å². The number of benzene rings is 2. The molecule has 19 heavy (non-hydrogen) atoms. The van der Waals surface area contributed by atoms with Gasteiger partial charge in [-0.1, -0.05) is 60.7 Å². The van der Waals surface area contributed by atoms with Gasteiger partial charge in [0.2, 0.25) is 0 Å². The maximum atomic E-state index is 5.43. The fourth-order valence-corrected chi connectivity index (χ4v) is 1.79. The van der Waals surface area contributed by atoms with Crippen LogP contribution in [0.5, 0.6) is 0 Å². The summed E-state index contributed by atoms with van der Waals surface area (Å²) in [6.07, 6.45) is 0.723. The second-order valence-electron chi connectivity index (χ2n) is 4.06. The Hall–Kier alpha value is -2.20. The molecule has 0 fully saturated rings. The van der Waals surface area contributed by atoms with E-state index in [-0.39, 0.29) is 5.11 Å². The molecule has 2 aromatic rings. The minimum Gasteiger partial charge on any atom is -0.375 e. The van der Waals surface area contributed by atoms with E-state index in [1.165, 1.54) is 5.56 Å². The van der Waals surface area contributed by atoms with Crippen molar-refractivity contribution in [1.29, 1.82) is 0 Å². The Bertz CT molecular complexity index is 564. The van der Waals surface area contributed by atoms with Crippen molar-refractivity contribution in [1.82, 2.24) is 5.43 Å². The van der Waals surface area contributed by atoms with E-state index in [9.17, 15) is 0 Å². The number of nitrogens with zero attached hydrogens (tertiary/aromatic N) is 1. The SMILES string of the molecule is NC(=S)N/N=C(\Cc1ccccc1)c1ccccc1. The summed E-state index contributed by atoms with van der Waals surface area (Å²) in [5.74, 6) is 0. The predicted octanol–water partition coefficient (Wildman–Crippen LogP) is 2.47. The molecule has 0 amide bonds. The lowest BCUT2D eigenvalue weighted by Gasteiger charge is -2.07. The van der Waals surface area contributed by atoms with Crippen LogP contribution in [-0.2, 0) is 6.42 Å². The van der Waals surface area contributed by atoms with Gasteiger partial charge in [-0.25, -0.2) is 0 Å². The molecule has 2 aromatic carbocycles. The van der Waals surface area contributed by atoms with Crippen LogP contribution in [0.25, 0.3) is 0 Å². The Morgan fingerprint density at radius 2 is 1.58 bits per heavy atom. The largest absolute Gasteiger partial charge is 0.375 e. The molecule has 3 N–H and O–H groups in total. The molecule has 0 aliphatic heterocycles. The number of hydrazone groups is 1. The molecule has 0 aliphatic rings. The van der Waals surface area contributed by atoms with Crippen molar-refractivity contribution in [3.05, 3.63) is 71.8 Å². The smallest absolute Gasteiger partial charge is 0.184 e. The fourth-order valence-electron chi connectivity index (χ4n) is 1.75. The summed E-state index contributed by atoms with van der Waals surface area (Å²) in [4.78, 5) is 0. The van der Waals surface area contributed by atoms with Crippen molar-refractivity contribution >= 4 is 23.0 Å². The second kappa shape index (κ2) is 6.66. The Labute approximate surface area is 118 Å². The van der Waals surface area contributed by atoms with E-state index >= 15 is 0 Å². The standard InChI is InChI=1S/C15H15N3S/c16-15(19)18-17-14(13-9-5-2-6-10-13)11-12-7-3-1-4-8-12/h1-10H,11H2,(H3,16,18,19)/b17-14+. The molecule has 0 bridgehead atoms. The molecule has 0 heterocycles. The first-order chi connectivity index (χ1) is 9.25. The van der Waals surface area contributed by atoms with Crippen molar-refractivity contribution in [3.8, 4) is 0 Å². The van der Waals surface area contributed by atoms with Gasteiger partial charge in [-0.15, -0.1) is 0 Å². The highest BCUT2D eigenvalue weighted by molar-refractivity contribution is 7.80. The summed E-state index contributed by atoms with van der Waals surface area (Å²) in [5.41, 5.74) is 11.2. The van der Waals surface area contributed by atoms with Gasteiger partial charge in [0.15, 0.2) is 5.11 Å². The summed E-state index contributed by atoms with van der Waals surface area (Å²) in [5, 5.41) is 4.46. The van der Waals surface area contributed by atoms with Crippen LogP contribution in [0.3, 0.4) is 0 Å². The van der Waals surface area contributed by atoms with E-state index in [4.69, 9.17) is 18.0 Å². The molecule has 0 spiro atoms. The van der Waals surface area contributed by atoms with Gasteiger partial charge < -0.3 is 5.73 Å². The zero-order valence-corrected chi connectivity index (χ0v) is 11.2. The number of nitrogens with one attached hydrogen (secondary N) is 1. The highest BCUT2D eigenvalue weighted by atomic mass is 32.1. The third-order valence-corrected chi connectivity index (χ3v) is 2.71. The van der Waals surface area contributed by atoms with Crippen molar-refractivity contribution in [3.63, 3.8) is 0 Å². The monoisotopic (exact) mass is 269 g/mol. The first-order valence-corrected chi connectivity index (χ1v) is 6.38. The number of hydrogen-bond acceptors (Lipinski definition) is 2. The van der Waals surface area contributed by atoms with E-state index in [0.29, 0.717) is 0 Å². The highest BCUT2D eigenvalue weighted by Crippen LogP contribution is 2.08. The first-order valence-electron chi connectivity index (χ1n) is 5.97. The summed E-state index contributed by atoms with van der Waals surface area (Å²) in [6.45, 7) is 0. The molecule has 0 aliphatic carbocycles. The van der Waals surface area contributed by atoms with Crippen LogP contribution < -0.4 is 11.2 Å². The Morgan fingerprint density at radius 3 is 2.16 bits per heavy atom. The molecule has 0 saturated heterocycles. The molecular formula is C15H15N3S. The van der Waals surface area contributed by atoms with Crippen LogP contribution in [0, 0.1) is 0 Å². The first kappa shape index (κ1) is 13.2. The molecule has 0 radical (unpaired) electrons. The number of thiocarbonyl (C=S) groups is 1. The van der Waals surface area contributed by atoms with E-state index < -0.39 is 0 Å². The second-order valence-corrected chi connectivity index (χ2v) is 4.50. The zero-order valence-electron chi connectivity index (χ0n) is 10.4. The van der Waals surface area contributed by atoms with Crippen LogP contribution in [0.1, 0.15) is 11.1 Å². The molecule has 3 nitrogen and oxygen atoms in total. The van der Waals surface area contributed by atoms with E-state index in [0.717, 1.165) is 17.7 Å². The lowest BCUT2D eigenvalue weighted by atomic mass is 10.0. The van der Waals surface area contributed by atoms with Gasteiger partial charge in [-0.3, -0.25) is 5.43 Å². The Balaban J connectivity index is 2.25. The van der Waals surface area contributed by atoms with Gasteiger partial charge in [0.05, 0.1) is 5.71 Å². The molecule has 0 atom stereocenters. The highest BCUT2D eigenvalue weighted by Gasteiger charge is 2.05. The van der Waals surface area contributed by atoms with Crippen molar-refractivity contribution in [2.75, 3.05) is 0 Å². The third-order valence-electron chi connectivity index (χ3n) is 2.62. The number of nitrogens with two attached hydrogens (primary N) is 1. The maximum absolute atomic E-state index is 5.43. The lowest BCUT2D eigenvalue weighted by Crippen LogP contribution is -2.26. The summed E-state index contributed by atoms with van der Waals surface area (Å²) in [6, 6.07) is 20.1. The molecule has 0 unspecified atom stereocenters. The van der Waals surface area contributed by atoms with E-state index in [1.807, 2.05) is 48.5 Å². The Kier molecular flexibility index (Phi) is 4.64. The average molecular weight is 269 g/mol. The van der Waals surface area contributed by atoms with E-state index in [2.05, 4.69) is 22.7 Å². The van der Waals surface area contributed by atoms with Crippen LogP contribution >= 0.6 is 12.2 Å². The van der Waals surface area contributed by atoms with Gasteiger partial charge >= 0.3 is 0 Å². The minimum absolute atomic E-state index is 0.168. The molecule has 0 aromatic heterocycles.